The van der Waals surface area contributed by atoms with Gasteiger partial charge in [0.25, 0.3) is 0 Å². The summed E-state index contributed by atoms with van der Waals surface area (Å²) in [6.07, 6.45) is 6.45. The van der Waals surface area contributed by atoms with Gasteiger partial charge in [-0.3, -0.25) is 0 Å². The zero-order valence-corrected chi connectivity index (χ0v) is 28.0. The van der Waals surface area contributed by atoms with E-state index in [4.69, 9.17) is 0 Å². The molecule has 0 heterocycles. The van der Waals surface area contributed by atoms with E-state index >= 15 is 0 Å². The van der Waals surface area contributed by atoms with Crippen molar-refractivity contribution in [2.75, 3.05) is 0 Å². The summed E-state index contributed by atoms with van der Waals surface area (Å²) in [5.74, 6) is 0.584. The number of hydrogen-bond donors (Lipinski definition) is 0. The predicted octanol–water partition coefficient (Wildman–Crippen LogP) is 13.9. The van der Waals surface area contributed by atoms with E-state index in [1.807, 2.05) is 81.4 Å². The Hall–Kier alpha value is -2.86. The fourth-order valence-electron chi connectivity index (χ4n) is 4.47. The van der Waals surface area contributed by atoms with Crippen molar-refractivity contribution in [3.8, 4) is 11.1 Å². The van der Waals surface area contributed by atoms with E-state index in [1.165, 1.54) is 62.2 Å². The number of benzene rings is 4. The molecule has 0 radical (unpaired) electrons. The fraction of sp³-hybridized carbons (Fsp3) is 0.436. The summed E-state index contributed by atoms with van der Waals surface area (Å²) in [4.78, 5) is 0. The van der Waals surface area contributed by atoms with Crippen molar-refractivity contribution in [3.05, 3.63) is 95.6 Å². The van der Waals surface area contributed by atoms with Crippen LogP contribution in [0, 0.1) is 13.8 Å². The van der Waals surface area contributed by atoms with E-state index in [9.17, 15) is 0 Å². The van der Waals surface area contributed by atoms with Gasteiger partial charge in [-0.25, -0.2) is 0 Å². The summed E-state index contributed by atoms with van der Waals surface area (Å²) >= 11 is 0. The smallest absolute Gasteiger partial charge is 0.0102 e. The second kappa shape index (κ2) is 23.1. The lowest BCUT2D eigenvalue weighted by Gasteiger charge is -2.19. The van der Waals surface area contributed by atoms with Crippen molar-refractivity contribution in [2.24, 2.45) is 0 Å². The van der Waals surface area contributed by atoms with Crippen LogP contribution in [-0.4, -0.2) is 0 Å². The molecule has 0 amide bonds. The van der Waals surface area contributed by atoms with Crippen molar-refractivity contribution in [2.45, 2.75) is 116 Å². The van der Waals surface area contributed by atoms with Crippen molar-refractivity contribution in [3.63, 3.8) is 0 Å². The van der Waals surface area contributed by atoms with Crippen LogP contribution < -0.4 is 0 Å². The van der Waals surface area contributed by atoms with Crippen LogP contribution in [0.2, 0.25) is 0 Å². The minimum atomic E-state index is 0.584. The Morgan fingerprint density at radius 2 is 1.15 bits per heavy atom. The molecule has 0 N–H and O–H groups in total. The molecular formula is C39H60. The van der Waals surface area contributed by atoms with Gasteiger partial charge in [0.15, 0.2) is 0 Å². The lowest BCUT2D eigenvalue weighted by molar-refractivity contribution is 0.666. The molecule has 0 heteroatoms. The van der Waals surface area contributed by atoms with Crippen molar-refractivity contribution < 1.29 is 0 Å². The zero-order chi connectivity index (χ0) is 30.4. The van der Waals surface area contributed by atoms with Crippen molar-refractivity contribution in [1.82, 2.24) is 0 Å². The molecule has 0 saturated heterocycles. The topological polar surface area (TPSA) is 0 Å². The number of allylic oxidation sites excluding steroid dienone is 2. The molecule has 0 aliphatic carbocycles. The first-order valence-electron chi connectivity index (χ1n) is 15.6. The maximum absolute atomic E-state index is 2.36. The van der Waals surface area contributed by atoms with Gasteiger partial charge in [-0.05, 0) is 83.8 Å². The minimum absolute atomic E-state index is 0.584. The molecule has 0 aromatic heterocycles. The third-order valence-electron chi connectivity index (χ3n) is 6.28. The minimum Gasteiger partial charge on any atom is -0.0919 e. The molecule has 39 heavy (non-hydrogen) atoms. The average Bonchev–Trinajstić information content (AvgIpc) is 3.01. The quantitative estimate of drug-likeness (QED) is 0.182. The van der Waals surface area contributed by atoms with Crippen LogP contribution in [0.3, 0.4) is 0 Å². The molecule has 0 nitrogen and oxygen atoms in total. The van der Waals surface area contributed by atoms with Crippen LogP contribution in [0.5, 0.6) is 0 Å². The van der Waals surface area contributed by atoms with Crippen molar-refractivity contribution in [1.29, 1.82) is 0 Å². The maximum atomic E-state index is 2.36. The highest BCUT2D eigenvalue weighted by Gasteiger charge is 2.14. The Morgan fingerprint density at radius 3 is 1.72 bits per heavy atom. The third kappa shape index (κ3) is 11.0. The first kappa shape index (κ1) is 38.3. The Labute approximate surface area is 243 Å². The highest BCUT2D eigenvalue weighted by molar-refractivity contribution is 6.10. The van der Waals surface area contributed by atoms with Crippen LogP contribution in [0.15, 0.2) is 78.9 Å². The highest BCUT2D eigenvalue weighted by Crippen LogP contribution is 2.37. The molecule has 0 aliphatic rings. The first-order chi connectivity index (χ1) is 19.0. The first-order valence-corrected chi connectivity index (χ1v) is 15.6. The summed E-state index contributed by atoms with van der Waals surface area (Å²) in [6, 6.07) is 24.9. The molecule has 0 fully saturated rings. The Bertz CT molecular complexity index is 1190. The number of hydrogen-bond acceptors (Lipinski definition) is 0. The fourth-order valence-corrected chi connectivity index (χ4v) is 4.47. The van der Waals surface area contributed by atoms with Gasteiger partial charge in [0.2, 0.25) is 0 Å². The van der Waals surface area contributed by atoms with Gasteiger partial charge >= 0.3 is 0 Å². The lowest BCUT2D eigenvalue weighted by Crippen LogP contribution is -1.97. The SMILES string of the molecule is C/C=C\C.CC.CC.CC.CC.CCCC(C)c1ccccc1-c1ccc2c(ccc3cc(C)ccc32)c1C. The molecule has 0 saturated carbocycles. The molecular weight excluding hydrogens is 468 g/mol. The van der Waals surface area contributed by atoms with E-state index in [0.29, 0.717) is 5.92 Å². The molecule has 4 aromatic rings. The predicted molar refractivity (Wildman–Crippen MR) is 186 cm³/mol. The van der Waals surface area contributed by atoms with Gasteiger partial charge in [0.05, 0.1) is 0 Å². The summed E-state index contributed by atoms with van der Waals surface area (Å²) in [7, 11) is 0. The van der Waals surface area contributed by atoms with E-state index < -0.39 is 0 Å². The third-order valence-corrected chi connectivity index (χ3v) is 6.28. The van der Waals surface area contributed by atoms with Gasteiger partial charge in [0.1, 0.15) is 0 Å². The van der Waals surface area contributed by atoms with Gasteiger partial charge in [-0.1, -0.05) is 160 Å². The van der Waals surface area contributed by atoms with Crippen molar-refractivity contribution >= 4 is 21.5 Å². The van der Waals surface area contributed by atoms with Gasteiger partial charge in [0, 0.05) is 0 Å². The number of fused-ring (bicyclic) bond motifs is 3. The Morgan fingerprint density at radius 1 is 0.615 bits per heavy atom. The summed E-state index contributed by atoms with van der Waals surface area (Å²) < 4.78 is 0. The summed E-state index contributed by atoms with van der Waals surface area (Å²) in [6.45, 7) is 29.1. The molecule has 0 aliphatic heterocycles. The van der Waals surface area contributed by atoms with Crippen LogP contribution >= 0.6 is 0 Å². The number of aryl methyl sites for hydroxylation is 2. The molecule has 4 aromatic carbocycles. The molecule has 1 atom stereocenters. The second-order valence-electron chi connectivity index (χ2n) is 8.57. The highest BCUT2D eigenvalue weighted by atomic mass is 14.2. The lowest BCUT2D eigenvalue weighted by atomic mass is 9.86. The number of rotatable bonds is 4. The normalized spacial score (nSPS) is 10.3. The molecule has 216 valence electrons. The zero-order valence-electron chi connectivity index (χ0n) is 28.0. The molecule has 4 rings (SSSR count). The van der Waals surface area contributed by atoms with Crippen LogP contribution in [0.25, 0.3) is 32.7 Å². The largest absolute Gasteiger partial charge is 0.0919 e. The van der Waals surface area contributed by atoms with E-state index in [1.54, 1.807) is 0 Å². The summed E-state index contributed by atoms with van der Waals surface area (Å²) in [5, 5.41) is 5.39. The Kier molecular flexibility index (Phi) is 22.6. The van der Waals surface area contributed by atoms with Gasteiger partial charge in [-0.15, -0.1) is 0 Å². The van der Waals surface area contributed by atoms with E-state index in [-0.39, 0.29) is 0 Å². The monoisotopic (exact) mass is 528 g/mol. The van der Waals surface area contributed by atoms with E-state index in [0.717, 1.165) is 0 Å². The molecule has 1 unspecified atom stereocenters. The van der Waals surface area contributed by atoms with E-state index in [2.05, 4.69) is 94.4 Å². The van der Waals surface area contributed by atoms with Crippen LogP contribution in [0.4, 0.5) is 0 Å². The van der Waals surface area contributed by atoms with Crippen LogP contribution in [-0.2, 0) is 0 Å². The van der Waals surface area contributed by atoms with Crippen LogP contribution in [0.1, 0.15) is 119 Å². The molecule has 0 bridgehead atoms. The summed E-state index contributed by atoms with van der Waals surface area (Å²) in [5.41, 5.74) is 6.92. The second-order valence-corrected chi connectivity index (χ2v) is 8.57. The van der Waals surface area contributed by atoms with Gasteiger partial charge in [-0.2, -0.15) is 0 Å². The Balaban J connectivity index is 0. The maximum Gasteiger partial charge on any atom is -0.0102 e. The van der Waals surface area contributed by atoms with Gasteiger partial charge < -0.3 is 0 Å². The average molecular weight is 529 g/mol. The standard InChI is InChI=1S/C27H28.C4H8.4C2H6/c1-5-8-19(3)22-9-6-7-10-26(22)24-15-16-27-23(20(24)4)14-12-21-17-18(2)11-13-25(21)27;1-3-4-2;4*1-2/h6-7,9-17,19H,5,8H2,1-4H3;3-4H,1-2H3;4*1-2H3/b;4-3-;;;;. The molecule has 0 spiro atoms.